The lowest BCUT2D eigenvalue weighted by atomic mass is 10.2. The molecule has 3 rings (SSSR count). The summed E-state index contributed by atoms with van der Waals surface area (Å²) in [7, 11) is -3.76. The summed E-state index contributed by atoms with van der Waals surface area (Å²) in [6, 6.07) is 10.5. The van der Waals surface area contributed by atoms with Crippen LogP contribution in [0.4, 0.5) is 5.69 Å². The molecule has 1 fully saturated rings. The van der Waals surface area contributed by atoms with Crippen LogP contribution in [0.1, 0.15) is 24.2 Å². The Morgan fingerprint density at radius 3 is 2.41 bits per heavy atom. The summed E-state index contributed by atoms with van der Waals surface area (Å²) in [5.41, 5.74) is 0.480. The summed E-state index contributed by atoms with van der Waals surface area (Å²) in [4.78, 5) is 24.7. The predicted octanol–water partition coefficient (Wildman–Crippen LogP) is 2.30. The lowest BCUT2D eigenvalue weighted by molar-refractivity contribution is -0.119. The first-order chi connectivity index (χ1) is 16.3. The van der Waals surface area contributed by atoms with E-state index in [-0.39, 0.29) is 23.5 Å². The number of esters is 1. The molecule has 1 aliphatic heterocycles. The van der Waals surface area contributed by atoms with Gasteiger partial charge in [0.05, 0.1) is 36.9 Å². The van der Waals surface area contributed by atoms with Crippen molar-refractivity contribution < 1.29 is 37.0 Å². The standard InChI is InChI=1S/C23H28N2O8S/c1-3-31-20-9-8-18(15-21(20)32-4-2)24-22(26)16-33-23(27)17-6-5-7-19(14-17)34(28,29)25-10-12-30-13-11-25/h5-9,14-15H,3-4,10-13,16H2,1-2H3,(H,24,26). The summed E-state index contributed by atoms with van der Waals surface area (Å²) in [5.74, 6) is -0.328. The Morgan fingerprint density at radius 2 is 1.71 bits per heavy atom. The third-order valence-electron chi connectivity index (χ3n) is 4.84. The number of anilines is 1. The fraction of sp³-hybridized carbons (Fsp3) is 0.391. The SMILES string of the molecule is CCOc1ccc(NC(=O)COC(=O)c2cccc(S(=O)(=O)N3CCOCC3)c2)cc1OCC. The number of amides is 1. The number of hydrogen-bond donors (Lipinski definition) is 1. The van der Waals surface area contributed by atoms with E-state index in [1.165, 1.54) is 28.6 Å². The summed E-state index contributed by atoms with van der Waals surface area (Å²) >= 11 is 0. The van der Waals surface area contributed by atoms with Crippen LogP contribution >= 0.6 is 0 Å². The first-order valence-electron chi connectivity index (χ1n) is 10.9. The second-order valence-electron chi connectivity index (χ2n) is 7.20. The van der Waals surface area contributed by atoms with Crippen molar-refractivity contribution in [2.45, 2.75) is 18.7 Å². The average Bonchev–Trinajstić information content (AvgIpc) is 2.85. The molecule has 0 unspecified atom stereocenters. The van der Waals surface area contributed by atoms with E-state index in [2.05, 4.69) is 5.32 Å². The molecule has 1 amide bonds. The van der Waals surface area contributed by atoms with E-state index in [4.69, 9.17) is 18.9 Å². The van der Waals surface area contributed by atoms with Crippen molar-refractivity contribution in [2.75, 3.05) is 51.4 Å². The summed E-state index contributed by atoms with van der Waals surface area (Å²) in [6.07, 6.45) is 0. The Labute approximate surface area is 198 Å². The zero-order chi connectivity index (χ0) is 24.6. The van der Waals surface area contributed by atoms with Gasteiger partial charge in [0.2, 0.25) is 10.0 Å². The van der Waals surface area contributed by atoms with Crippen molar-refractivity contribution in [1.82, 2.24) is 4.31 Å². The van der Waals surface area contributed by atoms with Gasteiger partial charge in [0.25, 0.3) is 5.91 Å². The van der Waals surface area contributed by atoms with Crippen LogP contribution in [-0.2, 0) is 24.3 Å². The molecule has 34 heavy (non-hydrogen) atoms. The largest absolute Gasteiger partial charge is 0.490 e. The molecule has 0 bridgehead atoms. The zero-order valence-electron chi connectivity index (χ0n) is 19.1. The van der Waals surface area contributed by atoms with Crippen LogP contribution in [0.3, 0.4) is 0 Å². The molecule has 1 saturated heterocycles. The van der Waals surface area contributed by atoms with Crippen molar-refractivity contribution in [1.29, 1.82) is 0 Å². The Morgan fingerprint density at radius 1 is 1.00 bits per heavy atom. The van der Waals surface area contributed by atoms with E-state index >= 15 is 0 Å². The van der Waals surface area contributed by atoms with Crippen LogP contribution < -0.4 is 14.8 Å². The van der Waals surface area contributed by atoms with E-state index in [1.54, 1.807) is 18.2 Å². The molecule has 0 saturated carbocycles. The minimum Gasteiger partial charge on any atom is -0.490 e. The van der Waals surface area contributed by atoms with Gasteiger partial charge < -0.3 is 24.3 Å². The van der Waals surface area contributed by atoms with Crippen LogP contribution in [0, 0.1) is 0 Å². The van der Waals surface area contributed by atoms with E-state index in [0.29, 0.717) is 43.6 Å². The van der Waals surface area contributed by atoms with Crippen molar-refractivity contribution >= 4 is 27.6 Å². The summed E-state index contributed by atoms with van der Waals surface area (Å²) in [6.45, 7) is 5.16. The van der Waals surface area contributed by atoms with Gasteiger partial charge in [0, 0.05) is 24.8 Å². The summed E-state index contributed by atoms with van der Waals surface area (Å²) < 4.78 is 48.2. The minimum atomic E-state index is -3.76. The smallest absolute Gasteiger partial charge is 0.338 e. The number of nitrogens with zero attached hydrogens (tertiary/aromatic N) is 1. The molecule has 1 heterocycles. The summed E-state index contributed by atoms with van der Waals surface area (Å²) in [5, 5.41) is 2.63. The molecule has 0 aliphatic carbocycles. The number of nitrogens with one attached hydrogen (secondary N) is 1. The molecule has 0 aromatic heterocycles. The van der Waals surface area contributed by atoms with Crippen LogP contribution in [-0.4, -0.2) is 70.7 Å². The number of morpholine rings is 1. The first-order valence-corrected chi connectivity index (χ1v) is 12.3. The Kier molecular flexibility index (Phi) is 8.85. The van der Waals surface area contributed by atoms with Gasteiger partial charge in [-0.25, -0.2) is 13.2 Å². The van der Waals surface area contributed by atoms with Crippen molar-refractivity contribution in [3.05, 3.63) is 48.0 Å². The second-order valence-corrected chi connectivity index (χ2v) is 9.13. The van der Waals surface area contributed by atoms with Crippen LogP contribution in [0.5, 0.6) is 11.5 Å². The van der Waals surface area contributed by atoms with Gasteiger partial charge in [-0.1, -0.05) is 6.07 Å². The number of hydrogen-bond acceptors (Lipinski definition) is 8. The molecule has 0 radical (unpaired) electrons. The van der Waals surface area contributed by atoms with Crippen LogP contribution in [0.15, 0.2) is 47.4 Å². The number of carbonyl (C=O) groups is 2. The van der Waals surface area contributed by atoms with Gasteiger partial charge in [-0.2, -0.15) is 4.31 Å². The lowest BCUT2D eigenvalue weighted by Gasteiger charge is -2.26. The van der Waals surface area contributed by atoms with Gasteiger partial charge >= 0.3 is 5.97 Å². The molecule has 10 nitrogen and oxygen atoms in total. The molecule has 2 aromatic rings. The molecule has 184 valence electrons. The van der Waals surface area contributed by atoms with Gasteiger partial charge in [-0.05, 0) is 44.2 Å². The highest BCUT2D eigenvalue weighted by Crippen LogP contribution is 2.30. The molecular formula is C23H28N2O8S. The number of carbonyl (C=O) groups excluding carboxylic acids is 2. The number of rotatable bonds is 10. The maximum Gasteiger partial charge on any atom is 0.338 e. The molecule has 1 aliphatic rings. The van der Waals surface area contributed by atoms with Gasteiger partial charge in [-0.3, -0.25) is 4.79 Å². The highest BCUT2D eigenvalue weighted by molar-refractivity contribution is 7.89. The normalized spacial score (nSPS) is 14.3. The van der Waals surface area contributed by atoms with E-state index in [0.717, 1.165) is 0 Å². The lowest BCUT2D eigenvalue weighted by Crippen LogP contribution is -2.40. The third-order valence-corrected chi connectivity index (χ3v) is 6.73. The second kappa shape index (κ2) is 11.8. The first kappa shape index (κ1) is 25.5. The highest BCUT2D eigenvalue weighted by atomic mass is 32.2. The average molecular weight is 493 g/mol. The predicted molar refractivity (Wildman–Crippen MR) is 124 cm³/mol. The van der Waals surface area contributed by atoms with E-state index in [1.807, 2.05) is 13.8 Å². The fourth-order valence-electron chi connectivity index (χ4n) is 3.26. The zero-order valence-corrected chi connectivity index (χ0v) is 19.9. The minimum absolute atomic E-state index is 0.0221. The van der Waals surface area contributed by atoms with Crippen molar-refractivity contribution in [3.63, 3.8) is 0 Å². The van der Waals surface area contributed by atoms with E-state index in [9.17, 15) is 18.0 Å². The topological polar surface area (TPSA) is 120 Å². The van der Waals surface area contributed by atoms with Gasteiger partial charge in [0.1, 0.15) is 0 Å². The van der Waals surface area contributed by atoms with Crippen LogP contribution in [0.2, 0.25) is 0 Å². The van der Waals surface area contributed by atoms with Crippen molar-refractivity contribution in [2.24, 2.45) is 0 Å². The maximum atomic E-state index is 12.8. The van der Waals surface area contributed by atoms with Crippen LogP contribution in [0.25, 0.3) is 0 Å². The van der Waals surface area contributed by atoms with Gasteiger partial charge in [-0.15, -0.1) is 0 Å². The Balaban J connectivity index is 1.61. The third kappa shape index (κ3) is 6.46. The maximum absolute atomic E-state index is 12.8. The molecule has 2 aromatic carbocycles. The monoisotopic (exact) mass is 492 g/mol. The number of benzene rings is 2. The molecule has 11 heteroatoms. The fourth-order valence-corrected chi connectivity index (χ4v) is 4.71. The molecule has 0 atom stereocenters. The molecule has 0 spiro atoms. The molecular weight excluding hydrogens is 464 g/mol. The number of ether oxygens (including phenoxy) is 4. The Bertz CT molecular complexity index is 1110. The molecule has 1 N–H and O–H groups in total. The van der Waals surface area contributed by atoms with Gasteiger partial charge in [0.15, 0.2) is 18.1 Å². The Hall–Kier alpha value is -3.15. The van der Waals surface area contributed by atoms with Crippen molar-refractivity contribution in [3.8, 4) is 11.5 Å². The van der Waals surface area contributed by atoms with E-state index < -0.39 is 28.5 Å². The highest BCUT2D eigenvalue weighted by Gasteiger charge is 2.27. The number of sulfonamides is 1. The quantitative estimate of drug-likeness (QED) is 0.502.